The molecule has 0 saturated heterocycles. The minimum atomic E-state index is -0.566. The van der Waals surface area contributed by atoms with E-state index in [2.05, 4.69) is 4.90 Å². The van der Waals surface area contributed by atoms with E-state index in [4.69, 9.17) is 51.1 Å². The highest BCUT2D eigenvalue weighted by atomic mass is 35.5. The van der Waals surface area contributed by atoms with Crippen molar-refractivity contribution in [1.29, 1.82) is 0 Å². The molecule has 0 amide bonds. The van der Waals surface area contributed by atoms with E-state index in [-0.39, 0.29) is 18.2 Å². The molecule has 0 N–H and O–H groups in total. The number of allylic oxidation sites excluding steroid dienone is 4. The molecule has 0 bridgehead atoms. The van der Waals surface area contributed by atoms with Crippen molar-refractivity contribution in [2.75, 3.05) is 7.05 Å². The molecular formula is C27H23Cl4NO3. The van der Waals surface area contributed by atoms with E-state index in [1.54, 1.807) is 30.3 Å². The van der Waals surface area contributed by atoms with E-state index in [0.29, 0.717) is 55.4 Å². The summed E-state index contributed by atoms with van der Waals surface area (Å²) in [5.41, 5.74) is 4.62. The number of hydrogen-bond donors (Lipinski definition) is 0. The van der Waals surface area contributed by atoms with Crippen LogP contribution in [0.2, 0.25) is 20.1 Å². The first-order valence-corrected chi connectivity index (χ1v) is 13.1. The van der Waals surface area contributed by atoms with Crippen LogP contribution in [0.3, 0.4) is 0 Å². The van der Waals surface area contributed by atoms with Gasteiger partial charge in [-0.05, 0) is 49.9 Å². The number of ether oxygens (including phenoxy) is 1. The number of ketones is 2. The minimum absolute atomic E-state index is 0.0517. The van der Waals surface area contributed by atoms with Crippen molar-refractivity contribution in [1.82, 2.24) is 4.90 Å². The molecule has 2 aromatic carbocycles. The molecule has 0 atom stereocenters. The Labute approximate surface area is 224 Å². The van der Waals surface area contributed by atoms with Gasteiger partial charge in [-0.1, -0.05) is 52.5 Å². The molecule has 0 radical (unpaired) electrons. The molecule has 1 heterocycles. The molecule has 4 nitrogen and oxygen atoms in total. The van der Waals surface area contributed by atoms with Gasteiger partial charge in [0.1, 0.15) is 12.4 Å². The molecule has 0 unspecified atom stereocenters. The fourth-order valence-electron chi connectivity index (χ4n) is 5.40. The van der Waals surface area contributed by atoms with Crippen molar-refractivity contribution in [2.24, 2.45) is 0 Å². The van der Waals surface area contributed by atoms with Crippen molar-refractivity contribution in [3.8, 4) is 5.75 Å². The molecule has 35 heavy (non-hydrogen) atoms. The molecule has 0 fully saturated rings. The first-order chi connectivity index (χ1) is 16.8. The third-order valence-corrected chi connectivity index (χ3v) is 8.07. The Bertz CT molecular complexity index is 1270. The van der Waals surface area contributed by atoms with E-state index >= 15 is 0 Å². The van der Waals surface area contributed by atoms with Crippen LogP contribution in [-0.4, -0.2) is 23.5 Å². The Morgan fingerprint density at radius 2 is 1.43 bits per heavy atom. The average Bonchev–Trinajstić information content (AvgIpc) is 2.80. The lowest BCUT2D eigenvalue weighted by Crippen LogP contribution is -2.37. The zero-order chi connectivity index (χ0) is 24.9. The van der Waals surface area contributed by atoms with Crippen molar-refractivity contribution < 1.29 is 14.3 Å². The second-order valence-corrected chi connectivity index (χ2v) is 10.8. The second-order valence-electron chi connectivity index (χ2n) is 9.10. The second kappa shape index (κ2) is 9.82. The van der Waals surface area contributed by atoms with Crippen LogP contribution < -0.4 is 4.74 Å². The van der Waals surface area contributed by atoms with Gasteiger partial charge in [0, 0.05) is 74.5 Å². The standard InChI is InChI=1S/C27H23Cl4NO3/c1-32-20-4-2-6-22(33)25(20)24(26-21(32)5-3-7-23(26)34)17-10-16(29)12-19(31)27(17)35-13-14-8-9-15(28)11-18(14)30/h8-12,24H,2-7,13H2,1H3. The quantitative estimate of drug-likeness (QED) is 0.388. The number of benzene rings is 2. The van der Waals surface area contributed by atoms with Crippen LogP contribution >= 0.6 is 46.4 Å². The lowest BCUT2D eigenvalue weighted by molar-refractivity contribution is -0.117. The van der Waals surface area contributed by atoms with E-state index < -0.39 is 5.92 Å². The summed E-state index contributed by atoms with van der Waals surface area (Å²) in [5.74, 6) is -0.0672. The Balaban J connectivity index is 1.66. The maximum absolute atomic E-state index is 13.3. The third-order valence-electron chi connectivity index (χ3n) is 6.98. The Hall–Kier alpha value is -1.98. The van der Waals surface area contributed by atoms with E-state index in [1.165, 1.54) is 0 Å². The summed E-state index contributed by atoms with van der Waals surface area (Å²) in [4.78, 5) is 28.7. The van der Waals surface area contributed by atoms with Gasteiger partial charge in [0.25, 0.3) is 0 Å². The summed E-state index contributed by atoms with van der Waals surface area (Å²) in [5, 5.41) is 1.73. The number of rotatable bonds is 4. The molecule has 2 aromatic rings. The normalized spacial score (nSPS) is 18.7. The zero-order valence-electron chi connectivity index (χ0n) is 19.1. The molecule has 1 aliphatic heterocycles. The van der Waals surface area contributed by atoms with E-state index in [0.717, 1.165) is 42.6 Å². The number of carbonyl (C=O) groups is 2. The fourth-order valence-corrected chi connectivity index (χ4v) is 6.43. The molecule has 0 aromatic heterocycles. The molecule has 5 rings (SSSR count). The van der Waals surface area contributed by atoms with Gasteiger partial charge in [-0.3, -0.25) is 9.59 Å². The maximum atomic E-state index is 13.3. The highest BCUT2D eigenvalue weighted by Crippen LogP contribution is 2.52. The third kappa shape index (κ3) is 4.51. The van der Waals surface area contributed by atoms with E-state index in [9.17, 15) is 9.59 Å². The molecular weight excluding hydrogens is 528 g/mol. The smallest absolute Gasteiger partial charge is 0.161 e. The van der Waals surface area contributed by atoms with Crippen LogP contribution in [0.5, 0.6) is 5.75 Å². The minimum Gasteiger partial charge on any atom is -0.487 e. The van der Waals surface area contributed by atoms with Crippen molar-refractivity contribution in [3.63, 3.8) is 0 Å². The monoisotopic (exact) mass is 549 g/mol. The highest BCUT2D eigenvalue weighted by Gasteiger charge is 2.43. The van der Waals surface area contributed by atoms with Gasteiger partial charge in [-0.25, -0.2) is 0 Å². The van der Waals surface area contributed by atoms with Gasteiger partial charge in [-0.15, -0.1) is 0 Å². The van der Waals surface area contributed by atoms with Gasteiger partial charge >= 0.3 is 0 Å². The molecule has 182 valence electrons. The first kappa shape index (κ1) is 24.7. The predicted molar refractivity (Wildman–Crippen MR) is 140 cm³/mol. The van der Waals surface area contributed by atoms with Crippen LogP contribution in [-0.2, 0) is 16.2 Å². The highest BCUT2D eigenvalue weighted by molar-refractivity contribution is 6.36. The number of carbonyl (C=O) groups excluding carboxylic acids is 2. The molecule has 3 aliphatic rings. The molecule has 0 saturated carbocycles. The van der Waals surface area contributed by atoms with Gasteiger partial charge in [0.2, 0.25) is 0 Å². The lowest BCUT2D eigenvalue weighted by atomic mass is 9.71. The van der Waals surface area contributed by atoms with Crippen LogP contribution in [0.25, 0.3) is 0 Å². The summed E-state index contributed by atoms with van der Waals surface area (Å²) in [6.45, 7) is 0.136. The van der Waals surface area contributed by atoms with E-state index in [1.807, 2.05) is 7.05 Å². The van der Waals surface area contributed by atoms with Crippen molar-refractivity contribution in [2.45, 2.75) is 51.0 Å². The lowest BCUT2D eigenvalue weighted by Gasteiger charge is -2.42. The van der Waals surface area contributed by atoms with Crippen LogP contribution in [0, 0.1) is 0 Å². The summed E-state index contributed by atoms with van der Waals surface area (Å²) >= 11 is 25.5. The van der Waals surface area contributed by atoms with Gasteiger partial charge in [0.05, 0.1) is 5.02 Å². The Kier molecular flexibility index (Phi) is 6.93. The SMILES string of the molecule is CN1C2=C(C(=O)CCC2)C(c2cc(Cl)cc(Cl)c2OCc2ccc(Cl)cc2Cl)C2=C1CCCC2=O. The summed E-state index contributed by atoms with van der Waals surface area (Å²) in [6.07, 6.45) is 4.05. The van der Waals surface area contributed by atoms with Gasteiger partial charge < -0.3 is 9.64 Å². The number of Topliss-reactive ketones (excluding diaryl/α,β-unsaturated/α-hetero) is 2. The molecule has 8 heteroatoms. The molecule has 2 aliphatic carbocycles. The van der Waals surface area contributed by atoms with Crippen LogP contribution in [0.1, 0.15) is 55.6 Å². The topological polar surface area (TPSA) is 46.6 Å². The average molecular weight is 551 g/mol. The Morgan fingerprint density at radius 1 is 0.829 bits per heavy atom. The number of hydrogen-bond acceptors (Lipinski definition) is 4. The molecule has 0 spiro atoms. The summed E-state index contributed by atoms with van der Waals surface area (Å²) in [7, 11) is 1.96. The maximum Gasteiger partial charge on any atom is 0.161 e. The largest absolute Gasteiger partial charge is 0.487 e. The van der Waals surface area contributed by atoms with Crippen molar-refractivity contribution >= 4 is 58.0 Å². The van der Waals surface area contributed by atoms with Crippen LogP contribution in [0.4, 0.5) is 0 Å². The first-order valence-electron chi connectivity index (χ1n) is 11.6. The summed E-state index contributed by atoms with van der Waals surface area (Å²) < 4.78 is 6.24. The number of nitrogens with zero attached hydrogens (tertiary/aromatic N) is 1. The summed E-state index contributed by atoms with van der Waals surface area (Å²) in [6, 6.07) is 8.56. The zero-order valence-corrected chi connectivity index (χ0v) is 22.1. The van der Waals surface area contributed by atoms with Gasteiger partial charge in [-0.2, -0.15) is 0 Å². The van der Waals surface area contributed by atoms with Gasteiger partial charge in [0.15, 0.2) is 11.6 Å². The fraction of sp³-hybridized carbons (Fsp3) is 0.333. The Morgan fingerprint density at radius 3 is 2.03 bits per heavy atom. The predicted octanol–water partition coefficient (Wildman–Crippen LogP) is 7.92. The number of halogens is 4. The van der Waals surface area contributed by atoms with Crippen molar-refractivity contribution in [3.05, 3.63) is 84.1 Å². The van der Waals surface area contributed by atoms with Crippen LogP contribution in [0.15, 0.2) is 52.9 Å².